The van der Waals surface area contributed by atoms with Crippen molar-refractivity contribution in [2.24, 2.45) is 4.99 Å². The highest BCUT2D eigenvalue weighted by Crippen LogP contribution is 2.10. The number of rotatable bonds is 2. The van der Waals surface area contributed by atoms with Gasteiger partial charge in [-0.15, -0.1) is 0 Å². The number of nitrogens with zero attached hydrogens (tertiary/aromatic N) is 1. The number of hydrogen-bond donors (Lipinski definition) is 0. The molecule has 2 nitrogen and oxygen atoms in total. The van der Waals surface area contributed by atoms with Crippen LogP contribution in [0.1, 0.15) is 17.5 Å². The minimum absolute atomic E-state index is 0.770. The molecule has 0 aliphatic carbocycles. The van der Waals surface area contributed by atoms with E-state index < -0.39 is 0 Å². The fourth-order valence-electron chi connectivity index (χ4n) is 1.40. The van der Waals surface area contributed by atoms with Crippen LogP contribution < -0.4 is 0 Å². The minimum atomic E-state index is 0.770. The first kappa shape index (κ1) is 9.00. The largest absolute Gasteiger partial charge is 0.477 e. The van der Waals surface area contributed by atoms with Gasteiger partial charge >= 0.3 is 0 Å². The van der Waals surface area contributed by atoms with Crippen molar-refractivity contribution >= 4 is 12.0 Å². The fourth-order valence-corrected chi connectivity index (χ4v) is 1.40. The van der Waals surface area contributed by atoms with Crippen molar-refractivity contribution in [3.05, 3.63) is 42.0 Å². The van der Waals surface area contributed by atoms with Crippen LogP contribution in [0.2, 0.25) is 0 Å². The van der Waals surface area contributed by atoms with Gasteiger partial charge in [-0.05, 0) is 17.7 Å². The molecule has 14 heavy (non-hydrogen) atoms. The molecule has 2 rings (SSSR count). The molecule has 0 N–H and O–H groups in total. The molecule has 1 aromatic rings. The van der Waals surface area contributed by atoms with Crippen LogP contribution in [0.15, 0.2) is 35.8 Å². The van der Waals surface area contributed by atoms with Crippen molar-refractivity contribution in [2.45, 2.75) is 6.42 Å². The lowest BCUT2D eigenvalue weighted by Crippen LogP contribution is -2.14. The maximum Gasteiger partial charge on any atom is 0.216 e. The van der Waals surface area contributed by atoms with Crippen LogP contribution in [-0.4, -0.2) is 19.0 Å². The van der Waals surface area contributed by atoms with E-state index in [0.29, 0.717) is 0 Å². The molecule has 1 aromatic carbocycles. The third-order valence-electron chi connectivity index (χ3n) is 2.19. The standard InChI is InChI=1S/C12H13NO/c1-2-10-4-6-11(7-5-10)12-13-8-3-9-14-12/h2,4-7H,1,3,8-9H2. The fraction of sp³-hybridized carbons (Fsp3) is 0.250. The molecular formula is C12H13NO. The van der Waals surface area contributed by atoms with Gasteiger partial charge in [0.05, 0.1) is 6.61 Å². The highest BCUT2D eigenvalue weighted by atomic mass is 16.5. The average Bonchev–Trinajstić information content (AvgIpc) is 2.30. The molecule has 0 aromatic heterocycles. The molecule has 0 unspecified atom stereocenters. The van der Waals surface area contributed by atoms with Gasteiger partial charge in [0.1, 0.15) is 0 Å². The number of benzene rings is 1. The zero-order valence-corrected chi connectivity index (χ0v) is 8.07. The van der Waals surface area contributed by atoms with Crippen LogP contribution in [0.3, 0.4) is 0 Å². The highest BCUT2D eigenvalue weighted by Gasteiger charge is 2.07. The molecule has 2 heteroatoms. The molecule has 0 atom stereocenters. The predicted molar refractivity (Wildman–Crippen MR) is 58.5 cm³/mol. The zero-order chi connectivity index (χ0) is 9.80. The molecule has 1 aliphatic rings. The first-order chi connectivity index (χ1) is 6.90. The summed E-state index contributed by atoms with van der Waals surface area (Å²) in [6.07, 6.45) is 2.85. The van der Waals surface area contributed by atoms with E-state index in [9.17, 15) is 0 Å². The van der Waals surface area contributed by atoms with Crippen LogP contribution in [0.25, 0.3) is 6.08 Å². The van der Waals surface area contributed by atoms with Crippen LogP contribution in [0.5, 0.6) is 0 Å². The highest BCUT2D eigenvalue weighted by molar-refractivity contribution is 5.94. The van der Waals surface area contributed by atoms with Gasteiger partial charge < -0.3 is 4.74 Å². The van der Waals surface area contributed by atoms with E-state index in [-0.39, 0.29) is 0 Å². The maximum atomic E-state index is 5.46. The lowest BCUT2D eigenvalue weighted by Gasteiger charge is -2.13. The summed E-state index contributed by atoms with van der Waals surface area (Å²) in [5, 5.41) is 0. The van der Waals surface area contributed by atoms with Gasteiger partial charge in [0, 0.05) is 18.5 Å². The van der Waals surface area contributed by atoms with E-state index in [1.165, 1.54) is 0 Å². The summed E-state index contributed by atoms with van der Waals surface area (Å²) in [7, 11) is 0. The van der Waals surface area contributed by atoms with Crippen LogP contribution >= 0.6 is 0 Å². The second-order valence-corrected chi connectivity index (χ2v) is 3.22. The number of ether oxygens (including phenoxy) is 1. The second-order valence-electron chi connectivity index (χ2n) is 3.22. The molecule has 0 saturated carbocycles. The lowest BCUT2D eigenvalue weighted by atomic mass is 10.1. The zero-order valence-electron chi connectivity index (χ0n) is 8.07. The molecule has 0 spiro atoms. The molecule has 0 fully saturated rings. The van der Waals surface area contributed by atoms with E-state index in [1.54, 1.807) is 0 Å². The first-order valence-corrected chi connectivity index (χ1v) is 4.80. The van der Waals surface area contributed by atoms with Crippen molar-refractivity contribution in [1.82, 2.24) is 0 Å². The van der Waals surface area contributed by atoms with E-state index >= 15 is 0 Å². The molecule has 0 amide bonds. The molecule has 1 heterocycles. The van der Waals surface area contributed by atoms with Gasteiger partial charge in [-0.1, -0.05) is 24.8 Å². The topological polar surface area (TPSA) is 21.6 Å². The van der Waals surface area contributed by atoms with Gasteiger partial charge in [-0.2, -0.15) is 0 Å². The monoisotopic (exact) mass is 187 g/mol. The Balaban J connectivity index is 2.23. The van der Waals surface area contributed by atoms with Gasteiger partial charge in [0.2, 0.25) is 5.90 Å². The Labute approximate surface area is 83.9 Å². The molecule has 0 bridgehead atoms. The van der Waals surface area contributed by atoms with Crippen molar-refractivity contribution in [1.29, 1.82) is 0 Å². The van der Waals surface area contributed by atoms with Crippen molar-refractivity contribution in [3.63, 3.8) is 0 Å². The van der Waals surface area contributed by atoms with E-state index in [2.05, 4.69) is 11.6 Å². The Kier molecular flexibility index (Phi) is 2.63. The number of hydrogen-bond acceptors (Lipinski definition) is 2. The summed E-state index contributed by atoms with van der Waals surface area (Å²) < 4.78 is 5.46. The summed E-state index contributed by atoms with van der Waals surface area (Å²) in [6.45, 7) is 5.36. The Bertz CT molecular complexity index is 351. The summed E-state index contributed by atoms with van der Waals surface area (Å²) >= 11 is 0. The predicted octanol–water partition coefficient (Wildman–Crippen LogP) is 2.50. The maximum absolute atomic E-state index is 5.46. The summed E-state index contributed by atoms with van der Waals surface area (Å²) in [4.78, 5) is 4.32. The smallest absolute Gasteiger partial charge is 0.216 e. The van der Waals surface area contributed by atoms with Crippen molar-refractivity contribution < 1.29 is 4.74 Å². The van der Waals surface area contributed by atoms with Gasteiger partial charge in [-0.3, -0.25) is 4.99 Å². The van der Waals surface area contributed by atoms with Gasteiger partial charge in [0.25, 0.3) is 0 Å². The van der Waals surface area contributed by atoms with Crippen LogP contribution in [0.4, 0.5) is 0 Å². The van der Waals surface area contributed by atoms with E-state index in [0.717, 1.165) is 36.6 Å². The number of aliphatic imine (C=N–C) groups is 1. The SMILES string of the molecule is C=Cc1ccc(C2=NCCCO2)cc1. The molecule has 1 aliphatic heterocycles. The van der Waals surface area contributed by atoms with Crippen molar-refractivity contribution in [3.8, 4) is 0 Å². The Hall–Kier alpha value is -1.57. The third kappa shape index (κ3) is 1.84. The Morgan fingerprint density at radius 3 is 2.64 bits per heavy atom. The van der Waals surface area contributed by atoms with E-state index in [1.807, 2.05) is 30.3 Å². The Morgan fingerprint density at radius 1 is 1.29 bits per heavy atom. The molecule has 0 radical (unpaired) electrons. The van der Waals surface area contributed by atoms with Gasteiger partial charge in [0.15, 0.2) is 0 Å². The summed E-state index contributed by atoms with van der Waals surface area (Å²) in [6, 6.07) is 8.06. The average molecular weight is 187 g/mol. The summed E-state index contributed by atoms with van der Waals surface area (Å²) in [5.41, 5.74) is 2.17. The third-order valence-corrected chi connectivity index (χ3v) is 2.19. The van der Waals surface area contributed by atoms with Gasteiger partial charge in [-0.25, -0.2) is 0 Å². The first-order valence-electron chi connectivity index (χ1n) is 4.80. The van der Waals surface area contributed by atoms with Crippen LogP contribution in [0, 0.1) is 0 Å². The minimum Gasteiger partial charge on any atom is -0.477 e. The molecular weight excluding hydrogens is 174 g/mol. The quantitative estimate of drug-likeness (QED) is 0.697. The van der Waals surface area contributed by atoms with E-state index in [4.69, 9.17) is 4.74 Å². The second kappa shape index (κ2) is 4.09. The lowest BCUT2D eigenvalue weighted by molar-refractivity contribution is 0.284. The van der Waals surface area contributed by atoms with Crippen LogP contribution in [-0.2, 0) is 4.74 Å². The summed E-state index contributed by atoms with van der Waals surface area (Å²) in [5.74, 6) is 0.770. The molecule has 0 saturated heterocycles. The molecule has 72 valence electrons. The Morgan fingerprint density at radius 2 is 2.07 bits per heavy atom. The normalized spacial score (nSPS) is 15.6. The van der Waals surface area contributed by atoms with Crippen molar-refractivity contribution in [2.75, 3.05) is 13.2 Å².